The molecule has 162 valence electrons. The second-order valence-corrected chi connectivity index (χ2v) is 7.52. The Morgan fingerprint density at radius 2 is 1.87 bits per heavy atom. The number of carbonyl (C=O) groups is 3. The van der Waals surface area contributed by atoms with E-state index in [-0.39, 0.29) is 35.9 Å². The van der Waals surface area contributed by atoms with Crippen molar-refractivity contribution in [3.05, 3.63) is 78.1 Å². The number of halogens is 1. The third-order valence-corrected chi connectivity index (χ3v) is 5.25. The maximum absolute atomic E-state index is 13.1. The van der Waals surface area contributed by atoms with Crippen LogP contribution in [-0.2, 0) is 16.0 Å². The molecule has 1 unspecified atom stereocenters. The van der Waals surface area contributed by atoms with Crippen LogP contribution in [0.15, 0.2) is 61.2 Å². The zero-order valence-corrected chi connectivity index (χ0v) is 17.3. The van der Waals surface area contributed by atoms with Crippen molar-refractivity contribution in [2.75, 3.05) is 25.0 Å². The molecule has 1 aliphatic heterocycles. The van der Waals surface area contributed by atoms with Gasteiger partial charge in [-0.2, -0.15) is 0 Å². The third kappa shape index (κ3) is 6.01. The molecule has 0 saturated carbocycles. The lowest BCUT2D eigenvalue weighted by atomic mass is 9.96. The zero-order chi connectivity index (χ0) is 22.2. The van der Waals surface area contributed by atoms with Crippen molar-refractivity contribution in [3.8, 4) is 0 Å². The first-order valence-electron chi connectivity index (χ1n) is 10.3. The molecule has 2 N–H and O–H groups in total. The molecule has 1 saturated heterocycles. The molecule has 2 aromatic carbocycles. The largest absolute Gasteiger partial charge is 0.349 e. The molecule has 0 aromatic heterocycles. The second kappa shape index (κ2) is 10.5. The molecule has 0 bridgehead atoms. The van der Waals surface area contributed by atoms with E-state index in [9.17, 15) is 18.8 Å². The number of nitrogens with one attached hydrogen (secondary N) is 2. The number of piperidine rings is 1. The molecular weight excluding hydrogens is 397 g/mol. The van der Waals surface area contributed by atoms with E-state index in [1.165, 1.54) is 12.1 Å². The second-order valence-electron chi connectivity index (χ2n) is 7.52. The van der Waals surface area contributed by atoms with Crippen LogP contribution in [0, 0.1) is 11.7 Å². The fourth-order valence-corrected chi connectivity index (χ4v) is 3.59. The highest BCUT2D eigenvalue weighted by molar-refractivity contribution is 6.04. The molecule has 6 nitrogen and oxygen atoms in total. The summed E-state index contributed by atoms with van der Waals surface area (Å²) in [6.45, 7) is 4.81. The molecule has 31 heavy (non-hydrogen) atoms. The van der Waals surface area contributed by atoms with Gasteiger partial charge in [0.15, 0.2) is 0 Å². The summed E-state index contributed by atoms with van der Waals surface area (Å²) in [6, 6.07) is 12.7. The van der Waals surface area contributed by atoms with E-state index >= 15 is 0 Å². The van der Waals surface area contributed by atoms with E-state index in [4.69, 9.17) is 0 Å². The van der Waals surface area contributed by atoms with Gasteiger partial charge in [0.2, 0.25) is 11.8 Å². The molecule has 0 spiro atoms. The summed E-state index contributed by atoms with van der Waals surface area (Å²) in [5.41, 5.74) is 1.54. The van der Waals surface area contributed by atoms with Crippen LogP contribution in [0.1, 0.15) is 28.8 Å². The van der Waals surface area contributed by atoms with Gasteiger partial charge in [-0.25, -0.2) is 4.39 Å². The molecule has 1 aliphatic rings. The highest BCUT2D eigenvalue weighted by Crippen LogP contribution is 2.22. The molecule has 7 heteroatoms. The number of benzene rings is 2. The van der Waals surface area contributed by atoms with Gasteiger partial charge in [0, 0.05) is 19.6 Å². The maximum atomic E-state index is 13.1. The van der Waals surface area contributed by atoms with E-state index in [1.54, 1.807) is 47.4 Å². The van der Waals surface area contributed by atoms with Gasteiger partial charge in [-0.1, -0.05) is 30.3 Å². The molecule has 1 atom stereocenters. The van der Waals surface area contributed by atoms with Crippen LogP contribution in [0.4, 0.5) is 10.1 Å². The summed E-state index contributed by atoms with van der Waals surface area (Å²) in [4.78, 5) is 39.6. The Morgan fingerprint density at radius 3 is 2.61 bits per heavy atom. The number of carbonyl (C=O) groups excluding carboxylic acids is 3. The van der Waals surface area contributed by atoms with Crippen molar-refractivity contribution >= 4 is 23.4 Å². The first-order valence-corrected chi connectivity index (χ1v) is 10.3. The zero-order valence-electron chi connectivity index (χ0n) is 17.3. The van der Waals surface area contributed by atoms with Gasteiger partial charge in [0.05, 0.1) is 23.6 Å². The first-order chi connectivity index (χ1) is 15.0. The van der Waals surface area contributed by atoms with Crippen LogP contribution < -0.4 is 10.6 Å². The van der Waals surface area contributed by atoms with Gasteiger partial charge in [-0.3, -0.25) is 14.4 Å². The summed E-state index contributed by atoms with van der Waals surface area (Å²) in [7, 11) is 0. The Bertz CT molecular complexity index is 959. The average molecular weight is 423 g/mol. The van der Waals surface area contributed by atoms with Crippen LogP contribution >= 0.6 is 0 Å². The SMILES string of the molecule is C=CCNC(=O)c1ccccc1NC(=O)C1CCCN(C(=O)Cc2ccc(F)cc2)C1. The smallest absolute Gasteiger partial charge is 0.253 e. The molecule has 0 aliphatic carbocycles. The number of anilines is 1. The van der Waals surface area contributed by atoms with Crippen molar-refractivity contribution in [1.29, 1.82) is 0 Å². The number of rotatable bonds is 7. The minimum absolute atomic E-state index is 0.0895. The van der Waals surface area contributed by atoms with Crippen molar-refractivity contribution in [1.82, 2.24) is 10.2 Å². The van der Waals surface area contributed by atoms with Crippen molar-refractivity contribution < 1.29 is 18.8 Å². The summed E-state index contributed by atoms with van der Waals surface area (Å²) in [5.74, 6) is -1.31. The molecule has 1 fully saturated rings. The Morgan fingerprint density at radius 1 is 1.13 bits per heavy atom. The minimum atomic E-state index is -0.366. The van der Waals surface area contributed by atoms with Crippen molar-refractivity contribution in [3.63, 3.8) is 0 Å². The number of likely N-dealkylation sites (tertiary alicyclic amines) is 1. The third-order valence-electron chi connectivity index (χ3n) is 5.25. The maximum Gasteiger partial charge on any atom is 0.253 e. The van der Waals surface area contributed by atoms with Gasteiger partial charge in [-0.15, -0.1) is 6.58 Å². The predicted octanol–water partition coefficient (Wildman–Crippen LogP) is 3.16. The number of hydrogen-bond acceptors (Lipinski definition) is 3. The lowest BCUT2D eigenvalue weighted by Gasteiger charge is -2.32. The highest BCUT2D eigenvalue weighted by atomic mass is 19.1. The molecule has 0 radical (unpaired) electrons. The minimum Gasteiger partial charge on any atom is -0.349 e. The van der Waals surface area contributed by atoms with Crippen molar-refractivity contribution in [2.24, 2.45) is 5.92 Å². The summed E-state index contributed by atoms with van der Waals surface area (Å²) in [6.07, 6.45) is 3.13. The van der Waals surface area contributed by atoms with Gasteiger partial charge >= 0.3 is 0 Å². The van der Waals surface area contributed by atoms with Crippen LogP contribution in [-0.4, -0.2) is 42.3 Å². The molecule has 3 rings (SSSR count). The molecular formula is C24H26FN3O3. The van der Waals surface area contributed by atoms with Crippen LogP contribution in [0.25, 0.3) is 0 Å². The lowest BCUT2D eigenvalue weighted by molar-refractivity contribution is -0.133. The van der Waals surface area contributed by atoms with Gasteiger partial charge < -0.3 is 15.5 Å². The first kappa shape index (κ1) is 22.2. The summed E-state index contributed by atoms with van der Waals surface area (Å²) in [5, 5.41) is 5.55. The van der Waals surface area contributed by atoms with Crippen LogP contribution in [0.3, 0.4) is 0 Å². The summed E-state index contributed by atoms with van der Waals surface area (Å²) >= 11 is 0. The highest BCUT2D eigenvalue weighted by Gasteiger charge is 2.29. The molecule has 1 heterocycles. The molecule has 3 amide bonds. The number of nitrogens with zero attached hydrogens (tertiary/aromatic N) is 1. The monoisotopic (exact) mass is 423 g/mol. The topological polar surface area (TPSA) is 78.5 Å². The van der Waals surface area contributed by atoms with E-state index < -0.39 is 0 Å². The van der Waals surface area contributed by atoms with Crippen LogP contribution in [0.2, 0.25) is 0 Å². The van der Waals surface area contributed by atoms with Gasteiger partial charge in [0.25, 0.3) is 5.91 Å². The quantitative estimate of drug-likeness (QED) is 0.672. The van der Waals surface area contributed by atoms with Gasteiger partial charge in [0.1, 0.15) is 5.82 Å². The predicted molar refractivity (Wildman–Crippen MR) is 117 cm³/mol. The van der Waals surface area contributed by atoms with Gasteiger partial charge in [-0.05, 0) is 42.7 Å². The fourth-order valence-electron chi connectivity index (χ4n) is 3.59. The Balaban J connectivity index is 1.62. The van der Waals surface area contributed by atoms with E-state index in [0.717, 1.165) is 5.56 Å². The van der Waals surface area contributed by atoms with E-state index in [2.05, 4.69) is 17.2 Å². The molecule has 2 aromatic rings. The average Bonchev–Trinajstić information content (AvgIpc) is 2.79. The van der Waals surface area contributed by atoms with E-state index in [0.29, 0.717) is 43.7 Å². The van der Waals surface area contributed by atoms with Crippen molar-refractivity contribution in [2.45, 2.75) is 19.3 Å². The number of amides is 3. The fraction of sp³-hybridized carbons (Fsp3) is 0.292. The number of hydrogen-bond donors (Lipinski definition) is 2. The van der Waals surface area contributed by atoms with Crippen LogP contribution in [0.5, 0.6) is 0 Å². The Labute approximate surface area is 181 Å². The summed E-state index contributed by atoms with van der Waals surface area (Å²) < 4.78 is 13.1. The normalized spacial score (nSPS) is 15.8. The lowest BCUT2D eigenvalue weighted by Crippen LogP contribution is -2.44. The Hall–Kier alpha value is -3.48. The Kier molecular flexibility index (Phi) is 7.54. The van der Waals surface area contributed by atoms with E-state index in [1.807, 2.05) is 0 Å². The standard InChI is InChI=1S/C24H26FN3O3/c1-2-13-26-24(31)20-7-3-4-8-21(20)27-23(30)18-6-5-14-28(16-18)22(29)15-17-9-11-19(25)12-10-17/h2-4,7-12,18H,1,5-6,13-16H2,(H,26,31)(H,27,30). The number of para-hydroxylation sites is 1.